The summed E-state index contributed by atoms with van der Waals surface area (Å²) in [5.74, 6) is 0.324. The van der Waals surface area contributed by atoms with Gasteiger partial charge in [-0.05, 0) is 30.7 Å². The molecule has 0 heterocycles. The van der Waals surface area contributed by atoms with Crippen molar-refractivity contribution >= 4 is 5.97 Å². The van der Waals surface area contributed by atoms with Crippen LogP contribution in [0.1, 0.15) is 19.8 Å². The van der Waals surface area contributed by atoms with Gasteiger partial charge in [0.25, 0.3) is 0 Å². The topological polar surface area (TPSA) is 55.8 Å². The first-order valence-electron chi connectivity index (χ1n) is 5.30. The van der Waals surface area contributed by atoms with Crippen LogP contribution in [-0.4, -0.2) is 24.3 Å². The zero-order valence-electron chi connectivity index (χ0n) is 9.31. The van der Waals surface area contributed by atoms with Crippen molar-refractivity contribution in [3.8, 4) is 11.5 Å². The van der Waals surface area contributed by atoms with Crippen molar-refractivity contribution in [2.45, 2.75) is 19.8 Å². The molecule has 1 N–H and O–H groups in total. The Balaban J connectivity index is 2.23. The molecule has 0 aromatic heterocycles. The standard InChI is InChI=1S/C12H16O4/c1-2-3-8-15-12(14)9-16-11-6-4-10(13)5-7-11/h4-7,13H,2-3,8-9H2,1H3. The predicted molar refractivity (Wildman–Crippen MR) is 59.5 cm³/mol. The quantitative estimate of drug-likeness (QED) is 0.594. The highest BCUT2D eigenvalue weighted by Gasteiger charge is 2.03. The summed E-state index contributed by atoms with van der Waals surface area (Å²) < 4.78 is 10.1. The second-order valence-corrected chi connectivity index (χ2v) is 3.36. The van der Waals surface area contributed by atoms with E-state index in [1.807, 2.05) is 6.92 Å². The van der Waals surface area contributed by atoms with Gasteiger partial charge in [0, 0.05) is 0 Å². The zero-order chi connectivity index (χ0) is 11.8. The number of aromatic hydroxyl groups is 1. The molecule has 0 atom stereocenters. The average molecular weight is 224 g/mol. The van der Waals surface area contributed by atoms with Crippen molar-refractivity contribution in [1.29, 1.82) is 0 Å². The molecule has 0 unspecified atom stereocenters. The Morgan fingerprint density at radius 3 is 2.62 bits per heavy atom. The smallest absolute Gasteiger partial charge is 0.344 e. The van der Waals surface area contributed by atoms with Gasteiger partial charge in [-0.2, -0.15) is 0 Å². The van der Waals surface area contributed by atoms with E-state index in [9.17, 15) is 4.79 Å². The van der Waals surface area contributed by atoms with E-state index in [0.29, 0.717) is 12.4 Å². The number of unbranched alkanes of at least 4 members (excludes halogenated alkanes) is 1. The fourth-order valence-electron chi connectivity index (χ4n) is 1.06. The second kappa shape index (κ2) is 6.71. The lowest BCUT2D eigenvalue weighted by molar-refractivity contribution is -0.146. The second-order valence-electron chi connectivity index (χ2n) is 3.36. The highest BCUT2D eigenvalue weighted by Crippen LogP contribution is 2.15. The van der Waals surface area contributed by atoms with Crippen LogP contribution in [0.4, 0.5) is 0 Å². The van der Waals surface area contributed by atoms with Gasteiger partial charge in [0.15, 0.2) is 6.61 Å². The number of phenols is 1. The van der Waals surface area contributed by atoms with Crippen LogP contribution in [0.15, 0.2) is 24.3 Å². The van der Waals surface area contributed by atoms with Crippen molar-refractivity contribution < 1.29 is 19.4 Å². The molecule has 0 amide bonds. The van der Waals surface area contributed by atoms with Crippen LogP contribution >= 0.6 is 0 Å². The van der Waals surface area contributed by atoms with Gasteiger partial charge in [-0.1, -0.05) is 13.3 Å². The molecule has 16 heavy (non-hydrogen) atoms. The first-order chi connectivity index (χ1) is 7.72. The molecule has 1 aromatic rings. The van der Waals surface area contributed by atoms with Crippen LogP contribution in [0.25, 0.3) is 0 Å². The van der Waals surface area contributed by atoms with Crippen molar-refractivity contribution in [2.75, 3.05) is 13.2 Å². The minimum atomic E-state index is -0.374. The summed E-state index contributed by atoms with van der Waals surface area (Å²) in [6.07, 6.45) is 1.86. The molecule has 0 fully saturated rings. The Kier molecular flexibility index (Phi) is 5.19. The fourth-order valence-corrected chi connectivity index (χ4v) is 1.06. The monoisotopic (exact) mass is 224 g/mol. The number of ether oxygens (including phenoxy) is 2. The summed E-state index contributed by atoms with van der Waals surface area (Å²) in [6.45, 7) is 2.36. The maximum absolute atomic E-state index is 11.2. The van der Waals surface area contributed by atoms with E-state index < -0.39 is 0 Å². The van der Waals surface area contributed by atoms with Gasteiger partial charge in [0.1, 0.15) is 11.5 Å². The van der Waals surface area contributed by atoms with Crippen molar-refractivity contribution in [2.24, 2.45) is 0 Å². The van der Waals surface area contributed by atoms with Crippen molar-refractivity contribution in [3.63, 3.8) is 0 Å². The van der Waals surface area contributed by atoms with Gasteiger partial charge in [-0.3, -0.25) is 0 Å². The minimum Gasteiger partial charge on any atom is -0.508 e. The third-order valence-electron chi connectivity index (χ3n) is 1.95. The molecule has 4 nitrogen and oxygen atoms in total. The van der Waals surface area contributed by atoms with Gasteiger partial charge < -0.3 is 14.6 Å². The highest BCUT2D eigenvalue weighted by molar-refractivity contribution is 5.71. The van der Waals surface area contributed by atoms with Gasteiger partial charge in [-0.25, -0.2) is 4.79 Å². The average Bonchev–Trinajstić information content (AvgIpc) is 2.29. The normalized spacial score (nSPS) is 9.81. The minimum absolute atomic E-state index is 0.103. The van der Waals surface area contributed by atoms with Crippen LogP contribution < -0.4 is 4.74 Å². The van der Waals surface area contributed by atoms with E-state index in [1.165, 1.54) is 12.1 Å². The summed E-state index contributed by atoms with van der Waals surface area (Å²) in [7, 11) is 0. The van der Waals surface area contributed by atoms with E-state index in [0.717, 1.165) is 12.8 Å². The third kappa shape index (κ3) is 4.68. The molecule has 0 saturated carbocycles. The summed E-state index contributed by atoms with van der Waals surface area (Å²) in [5, 5.41) is 9.03. The number of phenolic OH excluding ortho intramolecular Hbond substituents is 1. The lowest BCUT2D eigenvalue weighted by Crippen LogP contribution is -2.15. The first kappa shape index (κ1) is 12.4. The molecule has 0 aliphatic rings. The van der Waals surface area contributed by atoms with Gasteiger partial charge in [-0.15, -0.1) is 0 Å². The number of hydrogen-bond donors (Lipinski definition) is 1. The number of esters is 1. The fraction of sp³-hybridized carbons (Fsp3) is 0.417. The molecule has 1 aromatic carbocycles. The van der Waals surface area contributed by atoms with Crippen molar-refractivity contribution in [3.05, 3.63) is 24.3 Å². The van der Waals surface area contributed by atoms with Crippen LogP contribution in [0.2, 0.25) is 0 Å². The number of carbonyl (C=O) groups excluding carboxylic acids is 1. The Morgan fingerprint density at radius 1 is 1.31 bits per heavy atom. The third-order valence-corrected chi connectivity index (χ3v) is 1.95. The summed E-state index contributed by atoms with van der Waals surface area (Å²) in [4.78, 5) is 11.2. The molecule has 0 radical (unpaired) electrons. The largest absolute Gasteiger partial charge is 0.508 e. The highest BCUT2D eigenvalue weighted by atomic mass is 16.6. The number of rotatable bonds is 6. The lowest BCUT2D eigenvalue weighted by atomic mass is 10.3. The number of carbonyl (C=O) groups is 1. The molecule has 0 aliphatic heterocycles. The Labute approximate surface area is 94.8 Å². The van der Waals surface area contributed by atoms with Crippen LogP contribution in [-0.2, 0) is 9.53 Å². The van der Waals surface area contributed by atoms with Crippen molar-refractivity contribution in [1.82, 2.24) is 0 Å². The molecule has 0 saturated heterocycles. The Hall–Kier alpha value is -1.71. The lowest BCUT2D eigenvalue weighted by Gasteiger charge is -2.06. The molecule has 88 valence electrons. The zero-order valence-corrected chi connectivity index (χ0v) is 9.31. The summed E-state index contributed by atoms with van der Waals surface area (Å²) in [5.41, 5.74) is 0. The SMILES string of the molecule is CCCCOC(=O)COc1ccc(O)cc1. The summed E-state index contributed by atoms with van der Waals surface area (Å²) in [6, 6.07) is 6.18. The van der Waals surface area contributed by atoms with Crippen LogP contribution in [0.3, 0.4) is 0 Å². The number of hydrogen-bond acceptors (Lipinski definition) is 4. The van der Waals surface area contributed by atoms with Gasteiger partial charge in [0.2, 0.25) is 0 Å². The number of benzene rings is 1. The maximum atomic E-state index is 11.2. The van der Waals surface area contributed by atoms with E-state index >= 15 is 0 Å². The van der Waals surface area contributed by atoms with Crippen LogP contribution in [0.5, 0.6) is 11.5 Å². The Bertz CT molecular complexity index is 318. The maximum Gasteiger partial charge on any atom is 0.344 e. The van der Waals surface area contributed by atoms with E-state index in [4.69, 9.17) is 14.6 Å². The van der Waals surface area contributed by atoms with E-state index in [-0.39, 0.29) is 18.3 Å². The molecular formula is C12H16O4. The van der Waals surface area contributed by atoms with Gasteiger partial charge >= 0.3 is 5.97 Å². The van der Waals surface area contributed by atoms with E-state index in [1.54, 1.807) is 12.1 Å². The van der Waals surface area contributed by atoms with E-state index in [2.05, 4.69) is 0 Å². The molecular weight excluding hydrogens is 208 g/mol. The molecule has 0 aliphatic carbocycles. The molecule has 4 heteroatoms. The molecule has 0 bridgehead atoms. The molecule has 0 spiro atoms. The first-order valence-corrected chi connectivity index (χ1v) is 5.30. The molecule has 1 rings (SSSR count). The summed E-state index contributed by atoms with van der Waals surface area (Å²) >= 11 is 0. The van der Waals surface area contributed by atoms with Gasteiger partial charge in [0.05, 0.1) is 6.61 Å². The predicted octanol–water partition coefficient (Wildman–Crippen LogP) is 2.11. The Morgan fingerprint density at radius 2 is 2.00 bits per heavy atom. The van der Waals surface area contributed by atoms with Crippen LogP contribution in [0, 0.1) is 0 Å².